The summed E-state index contributed by atoms with van der Waals surface area (Å²) in [6.45, 7) is 9.25. The van der Waals surface area contributed by atoms with E-state index < -0.39 is 0 Å². The van der Waals surface area contributed by atoms with Crippen molar-refractivity contribution in [3.8, 4) is 61.3 Å². The molecule has 0 saturated heterocycles. The molecule has 0 spiro atoms. The number of hydrogen-bond acceptors (Lipinski definition) is 1. The van der Waals surface area contributed by atoms with Crippen LogP contribution in [0, 0.1) is 0 Å². The lowest BCUT2D eigenvalue weighted by Gasteiger charge is -2.29. The molecule has 13 aromatic rings. The first-order chi connectivity index (χ1) is 37.1. The van der Waals surface area contributed by atoms with Gasteiger partial charge in [-0.3, -0.25) is 0 Å². The summed E-state index contributed by atoms with van der Waals surface area (Å²) in [5.41, 5.74) is 18.6. The summed E-state index contributed by atoms with van der Waals surface area (Å²) >= 11 is 0. The van der Waals surface area contributed by atoms with Gasteiger partial charge >= 0.3 is 0 Å². The van der Waals surface area contributed by atoms with Crippen LogP contribution >= 0.6 is 0 Å². The number of benzene rings is 12. The molecule has 0 atom stereocenters. The summed E-state index contributed by atoms with van der Waals surface area (Å²) in [5.74, 6) is 0. The molecule has 0 aliphatic carbocycles. The molecule has 2 nitrogen and oxygen atoms in total. The van der Waals surface area contributed by atoms with Crippen LogP contribution in [0.15, 0.2) is 292 Å². The number of aromatic nitrogens is 1. The van der Waals surface area contributed by atoms with Crippen molar-refractivity contribution in [2.24, 2.45) is 0 Å². The van der Waals surface area contributed by atoms with E-state index in [0.717, 1.165) is 50.5 Å². The van der Waals surface area contributed by atoms with Crippen LogP contribution in [0.25, 0.3) is 105 Å². The molecule has 0 aliphatic rings. The van der Waals surface area contributed by atoms with E-state index in [9.17, 15) is 0 Å². The predicted octanol–water partition coefficient (Wildman–Crippen LogP) is 21.1. The maximum absolute atomic E-state index is 3.36. The highest BCUT2D eigenvalue weighted by Gasteiger charge is 2.21. The monoisotopic (exact) mass is 962 g/mol. The smallest absolute Gasteiger partial charge is 0.0541 e. The van der Waals surface area contributed by atoms with Crippen LogP contribution in [0.4, 0.5) is 17.1 Å². The molecule has 0 aliphatic heterocycles. The van der Waals surface area contributed by atoms with Crippen molar-refractivity contribution >= 4 is 60.4 Å². The van der Waals surface area contributed by atoms with Crippen molar-refractivity contribution in [2.75, 3.05) is 4.90 Å². The molecule has 0 fully saturated rings. The van der Waals surface area contributed by atoms with Crippen molar-refractivity contribution in [1.29, 1.82) is 0 Å². The second kappa shape index (κ2) is 21.7. The van der Waals surface area contributed by atoms with Crippen molar-refractivity contribution in [1.82, 2.24) is 4.57 Å². The highest BCUT2D eigenvalue weighted by molar-refractivity contribution is 6.11. The first kappa shape index (κ1) is 47.8. The number of hydrogen-bond donors (Lipinski definition) is 0. The van der Waals surface area contributed by atoms with E-state index in [1.54, 1.807) is 6.08 Å². The van der Waals surface area contributed by atoms with Gasteiger partial charge in [0.25, 0.3) is 0 Å². The van der Waals surface area contributed by atoms with Gasteiger partial charge < -0.3 is 9.47 Å². The SMILES string of the molecule is C=CC.CC.c1ccc(-c2ccc(-c3cc(-c4ccc(-c5ccccc5)cc4)cc(-n4c5ccccc5c5cc(-c6ccccc6N(c6ccc7ccccc7c6)c6cccc7ccccc67)ccc54)c3)cc2)cc1. The number of allylic oxidation sites excluding steroid dienone is 1. The summed E-state index contributed by atoms with van der Waals surface area (Å²) in [4.78, 5) is 2.45. The quantitative estimate of drug-likeness (QED) is 0.131. The van der Waals surface area contributed by atoms with Crippen LogP contribution in [0.1, 0.15) is 20.8 Å². The van der Waals surface area contributed by atoms with Gasteiger partial charge in [0.05, 0.1) is 22.4 Å². The molecule has 75 heavy (non-hydrogen) atoms. The minimum absolute atomic E-state index is 1.11. The summed E-state index contributed by atoms with van der Waals surface area (Å²) in [5, 5.41) is 7.25. The molecule has 13 rings (SSSR count). The van der Waals surface area contributed by atoms with Crippen molar-refractivity contribution in [2.45, 2.75) is 20.8 Å². The van der Waals surface area contributed by atoms with Crippen LogP contribution in [-0.2, 0) is 0 Å². The van der Waals surface area contributed by atoms with Crippen molar-refractivity contribution in [3.63, 3.8) is 0 Å². The lowest BCUT2D eigenvalue weighted by Crippen LogP contribution is -2.11. The molecule has 360 valence electrons. The second-order valence-corrected chi connectivity index (χ2v) is 18.5. The molecule has 0 amide bonds. The van der Waals surface area contributed by atoms with E-state index in [2.05, 4.69) is 295 Å². The Bertz CT molecular complexity index is 3980. The van der Waals surface area contributed by atoms with E-state index in [1.165, 1.54) is 71.2 Å². The average molecular weight is 963 g/mol. The van der Waals surface area contributed by atoms with Crippen LogP contribution in [0.3, 0.4) is 0 Å². The third-order valence-corrected chi connectivity index (χ3v) is 14.0. The van der Waals surface area contributed by atoms with Gasteiger partial charge in [-0.1, -0.05) is 238 Å². The first-order valence-electron chi connectivity index (χ1n) is 26.1. The highest BCUT2D eigenvalue weighted by atomic mass is 15.1. The maximum atomic E-state index is 3.36. The fourth-order valence-corrected chi connectivity index (χ4v) is 10.5. The van der Waals surface area contributed by atoms with Gasteiger partial charge in [0.2, 0.25) is 0 Å². The van der Waals surface area contributed by atoms with Crippen LogP contribution in [0.2, 0.25) is 0 Å². The summed E-state index contributed by atoms with van der Waals surface area (Å²) in [7, 11) is 0. The topological polar surface area (TPSA) is 8.17 Å². The molecular weight excluding hydrogens is 905 g/mol. The zero-order chi connectivity index (χ0) is 51.1. The normalized spacial score (nSPS) is 10.9. The molecule has 1 aromatic heterocycles. The fraction of sp³-hybridized carbons (Fsp3) is 0.0411. The number of fused-ring (bicyclic) bond motifs is 5. The van der Waals surface area contributed by atoms with E-state index in [4.69, 9.17) is 0 Å². The van der Waals surface area contributed by atoms with Crippen LogP contribution in [-0.4, -0.2) is 4.57 Å². The standard InChI is InChI=1S/C68H46N2.C3H6.C2H6/c1-3-16-47(17-4-1)50-30-34-52(35-31-50)57-42-58(53-36-32-51(33-37-53)48-18-5-2-6-19-48)45-60(44-57)70-67-28-14-12-26-63(67)64-46-56(39-41-68(64)70)62-25-11-13-27-65(62)69(59-40-38-49-20-7-8-22-55(49)43-59)66-29-15-23-54-21-9-10-24-61(54)66;1-3-2;1-2/h1-46H;3H,1H2,2H3;1-2H3. The Hall–Kier alpha value is -9.50. The number of nitrogens with zero attached hydrogens (tertiary/aromatic N) is 2. The highest BCUT2D eigenvalue weighted by Crippen LogP contribution is 2.46. The third kappa shape index (κ3) is 9.54. The molecule has 1 heterocycles. The van der Waals surface area contributed by atoms with Gasteiger partial charge in [0.15, 0.2) is 0 Å². The second-order valence-electron chi connectivity index (χ2n) is 18.5. The summed E-state index contributed by atoms with van der Waals surface area (Å²) in [6.07, 6.45) is 1.75. The third-order valence-electron chi connectivity index (χ3n) is 14.0. The van der Waals surface area contributed by atoms with Crippen molar-refractivity contribution < 1.29 is 0 Å². The Morgan fingerprint density at radius 1 is 0.320 bits per heavy atom. The first-order valence-corrected chi connectivity index (χ1v) is 26.1. The van der Waals surface area contributed by atoms with Crippen LogP contribution in [0.5, 0.6) is 0 Å². The lowest BCUT2D eigenvalue weighted by atomic mass is 9.95. The summed E-state index contributed by atoms with van der Waals surface area (Å²) in [6, 6.07) is 102. The number of anilines is 3. The molecule has 0 bridgehead atoms. The Morgan fingerprint density at radius 3 is 1.41 bits per heavy atom. The molecule has 12 aromatic carbocycles. The minimum Gasteiger partial charge on any atom is -0.309 e. The van der Waals surface area contributed by atoms with Crippen LogP contribution < -0.4 is 4.90 Å². The Balaban J connectivity index is 0.00000116. The van der Waals surface area contributed by atoms with E-state index >= 15 is 0 Å². The van der Waals surface area contributed by atoms with Gasteiger partial charge in [-0.25, -0.2) is 0 Å². The van der Waals surface area contributed by atoms with Gasteiger partial charge in [-0.05, 0) is 134 Å². The fourth-order valence-electron chi connectivity index (χ4n) is 10.5. The van der Waals surface area contributed by atoms with E-state index in [1.807, 2.05) is 20.8 Å². The zero-order valence-corrected chi connectivity index (χ0v) is 42.7. The van der Waals surface area contributed by atoms with Gasteiger partial charge in [0, 0.05) is 33.1 Å². The van der Waals surface area contributed by atoms with E-state index in [0.29, 0.717) is 0 Å². The lowest BCUT2D eigenvalue weighted by molar-refractivity contribution is 1.18. The van der Waals surface area contributed by atoms with Gasteiger partial charge in [0.1, 0.15) is 0 Å². The van der Waals surface area contributed by atoms with Gasteiger partial charge in [-0.2, -0.15) is 0 Å². The molecule has 2 heteroatoms. The molecule has 0 radical (unpaired) electrons. The Kier molecular flexibility index (Phi) is 13.8. The van der Waals surface area contributed by atoms with E-state index in [-0.39, 0.29) is 0 Å². The molecule has 0 saturated carbocycles. The number of para-hydroxylation sites is 2. The maximum Gasteiger partial charge on any atom is 0.0541 e. The number of rotatable bonds is 9. The molecular formula is C73H58N2. The Morgan fingerprint density at radius 2 is 0.773 bits per heavy atom. The molecule has 0 N–H and O–H groups in total. The average Bonchev–Trinajstić information content (AvgIpc) is 3.83. The minimum atomic E-state index is 1.11. The summed E-state index contributed by atoms with van der Waals surface area (Å²) < 4.78 is 2.46. The zero-order valence-electron chi connectivity index (χ0n) is 42.7. The largest absolute Gasteiger partial charge is 0.309 e. The van der Waals surface area contributed by atoms with Crippen molar-refractivity contribution in [3.05, 3.63) is 292 Å². The van der Waals surface area contributed by atoms with Gasteiger partial charge in [-0.15, -0.1) is 6.58 Å². The predicted molar refractivity (Wildman–Crippen MR) is 325 cm³/mol. The Labute approximate surface area is 441 Å². The molecule has 0 unspecified atom stereocenters.